The fourth-order valence-electron chi connectivity index (χ4n) is 1.80. The molecule has 3 nitrogen and oxygen atoms in total. The number of alkyl halides is 1. The van der Waals surface area contributed by atoms with Gasteiger partial charge < -0.3 is 4.74 Å². The number of halogens is 2. The fourth-order valence-corrected chi connectivity index (χ4v) is 2.37. The summed E-state index contributed by atoms with van der Waals surface area (Å²) in [5, 5.41) is 0.758. The Morgan fingerprint density at radius 1 is 1.20 bits per heavy atom. The molecule has 0 aliphatic heterocycles. The molecule has 20 heavy (non-hydrogen) atoms. The molecule has 5 heteroatoms. The first kappa shape index (κ1) is 15.1. The average molecular weight is 311 g/mol. The highest BCUT2D eigenvalue weighted by molar-refractivity contribution is 6.31. The van der Waals surface area contributed by atoms with Gasteiger partial charge in [0.25, 0.3) is 0 Å². The van der Waals surface area contributed by atoms with Gasteiger partial charge in [-0.15, -0.1) is 11.6 Å². The minimum Gasteiger partial charge on any atom is -0.437 e. The van der Waals surface area contributed by atoms with E-state index in [4.69, 9.17) is 27.9 Å². The maximum Gasteiger partial charge on any atom is 0.237 e. The second kappa shape index (κ2) is 6.42. The zero-order chi connectivity index (χ0) is 14.7. The van der Waals surface area contributed by atoms with Gasteiger partial charge in [0.2, 0.25) is 5.88 Å². The normalized spacial score (nSPS) is 10.9. The third-order valence-electron chi connectivity index (χ3n) is 2.95. The van der Waals surface area contributed by atoms with Crippen molar-refractivity contribution in [1.82, 2.24) is 9.97 Å². The van der Waals surface area contributed by atoms with Crippen molar-refractivity contribution >= 4 is 23.2 Å². The van der Waals surface area contributed by atoms with Crippen LogP contribution in [0.25, 0.3) is 0 Å². The Hall–Kier alpha value is -1.32. The quantitative estimate of drug-likeness (QED) is 0.737. The summed E-state index contributed by atoms with van der Waals surface area (Å²) in [6.45, 7) is 6.14. The van der Waals surface area contributed by atoms with Gasteiger partial charge in [-0.3, -0.25) is 4.98 Å². The lowest BCUT2D eigenvalue weighted by Gasteiger charge is -2.13. The number of hydrogen-bond acceptors (Lipinski definition) is 3. The molecule has 0 unspecified atom stereocenters. The summed E-state index contributed by atoms with van der Waals surface area (Å²) in [6, 6.07) is 3.87. The molecule has 0 amide bonds. The Kier molecular flexibility index (Phi) is 4.84. The molecule has 2 rings (SSSR count). The van der Waals surface area contributed by atoms with E-state index in [0.29, 0.717) is 17.7 Å². The smallest absolute Gasteiger partial charge is 0.237 e. The van der Waals surface area contributed by atoms with E-state index in [-0.39, 0.29) is 0 Å². The third kappa shape index (κ3) is 3.41. The predicted molar refractivity (Wildman–Crippen MR) is 81.9 cm³/mol. The second-order valence-corrected chi connectivity index (χ2v) is 5.55. The lowest BCUT2D eigenvalue weighted by molar-refractivity contribution is 0.455. The molecule has 1 aromatic carbocycles. The molecule has 0 radical (unpaired) electrons. The first-order valence-electron chi connectivity index (χ1n) is 6.36. The maximum atomic E-state index is 6.24. The highest BCUT2D eigenvalue weighted by atomic mass is 35.5. The van der Waals surface area contributed by atoms with Gasteiger partial charge >= 0.3 is 0 Å². The van der Waals surface area contributed by atoms with Crippen molar-refractivity contribution in [3.8, 4) is 11.6 Å². The van der Waals surface area contributed by atoms with E-state index in [9.17, 15) is 0 Å². The molecule has 2 aromatic rings. The standard InChI is InChI=1S/C15H16Cl2N2O/c1-9(2)12-5-14(10(3)4-13(12)17)20-15-8-18-11(6-16)7-19-15/h4-5,7-9H,6H2,1-3H3. The van der Waals surface area contributed by atoms with Crippen LogP contribution in [0.1, 0.15) is 36.6 Å². The van der Waals surface area contributed by atoms with E-state index in [1.165, 1.54) is 0 Å². The van der Waals surface area contributed by atoms with Gasteiger partial charge in [0, 0.05) is 5.02 Å². The highest BCUT2D eigenvalue weighted by Crippen LogP contribution is 2.33. The summed E-state index contributed by atoms with van der Waals surface area (Å²) in [6.07, 6.45) is 3.18. The molecule has 0 bridgehead atoms. The van der Waals surface area contributed by atoms with Gasteiger partial charge in [0.15, 0.2) is 0 Å². The van der Waals surface area contributed by atoms with Gasteiger partial charge in [0.05, 0.1) is 24.0 Å². The van der Waals surface area contributed by atoms with Crippen LogP contribution in [0.3, 0.4) is 0 Å². The van der Waals surface area contributed by atoms with E-state index in [0.717, 1.165) is 27.6 Å². The molecule has 106 valence electrons. The van der Waals surface area contributed by atoms with Crippen LogP contribution in [0.15, 0.2) is 24.5 Å². The van der Waals surface area contributed by atoms with Crippen LogP contribution < -0.4 is 4.74 Å². The van der Waals surface area contributed by atoms with E-state index >= 15 is 0 Å². The fraction of sp³-hybridized carbons (Fsp3) is 0.333. The molecule has 1 heterocycles. The van der Waals surface area contributed by atoms with Crippen molar-refractivity contribution in [2.75, 3.05) is 0 Å². The summed E-state index contributed by atoms with van der Waals surface area (Å²) < 4.78 is 5.78. The van der Waals surface area contributed by atoms with E-state index < -0.39 is 0 Å². The number of hydrogen-bond donors (Lipinski definition) is 0. The Balaban J connectivity index is 2.30. The van der Waals surface area contributed by atoms with Crippen molar-refractivity contribution in [2.45, 2.75) is 32.6 Å². The first-order chi connectivity index (χ1) is 9.51. The number of aromatic nitrogens is 2. The monoisotopic (exact) mass is 310 g/mol. The zero-order valence-corrected chi connectivity index (χ0v) is 13.2. The van der Waals surface area contributed by atoms with Crippen molar-refractivity contribution in [3.63, 3.8) is 0 Å². The Bertz CT molecular complexity index is 598. The molecule has 0 saturated heterocycles. The molecule has 0 spiro atoms. The minimum atomic E-state index is 0.329. The van der Waals surface area contributed by atoms with Crippen LogP contribution in [0.2, 0.25) is 5.02 Å². The second-order valence-electron chi connectivity index (χ2n) is 4.88. The van der Waals surface area contributed by atoms with E-state index in [1.54, 1.807) is 12.4 Å². The summed E-state index contributed by atoms with van der Waals surface area (Å²) in [4.78, 5) is 8.33. The predicted octanol–water partition coefficient (Wildman–Crippen LogP) is 5.09. The molecule has 0 atom stereocenters. The van der Waals surface area contributed by atoms with Crippen molar-refractivity contribution < 1.29 is 4.74 Å². The van der Waals surface area contributed by atoms with Crippen LogP contribution in [0.4, 0.5) is 0 Å². The van der Waals surface area contributed by atoms with Crippen molar-refractivity contribution in [2.24, 2.45) is 0 Å². The molecule has 0 N–H and O–H groups in total. The number of rotatable bonds is 4. The Morgan fingerprint density at radius 3 is 2.50 bits per heavy atom. The number of nitrogens with zero attached hydrogens (tertiary/aromatic N) is 2. The van der Waals surface area contributed by atoms with Crippen LogP contribution in [0, 0.1) is 6.92 Å². The summed E-state index contributed by atoms with van der Waals surface area (Å²) in [5.74, 6) is 1.85. The summed E-state index contributed by atoms with van der Waals surface area (Å²) >= 11 is 11.9. The van der Waals surface area contributed by atoms with Crippen molar-refractivity contribution in [1.29, 1.82) is 0 Å². The lowest BCUT2D eigenvalue weighted by Crippen LogP contribution is -1.96. The third-order valence-corrected chi connectivity index (χ3v) is 3.55. The molecular weight excluding hydrogens is 295 g/mol. The summed E-state index contributed by atoms with van der Waals surface area (Å²) in [5.41, 5.74) is 2.73. The summed E-state index contributed by atoms with van der Waals surface area (Å²) in [7, 11) is 0. The van der Waals surface area contributed by atoms with Crippen molar-refractivity contribution in [3.05, 3.63) is 46.4 Å². The molecule has 0 aliphatic carbocycles. The maximum absolute atomic E-state index is 6.24. The van der Waals surface area contributed by atoms with Gasteiger partial charge in [0.1, 0.15) is 5.75 Å². The van der Waals surface area contributed by atoms with Gasteiger partial charge in [-0.2, -0.15) is 0 Å². The average Bonchev–Trinajstić information content (AvgIpc) is 2.42. The van der Waals surface area contributed by atoms with E-state index in [2.05, 4.69) is 23.8 Å². The van der Waals surface area contributed by atoms with Crippen LogP contribution in [-0.4, -0.2) is 9.97 Å². The molecule has 0 fully saturated rings. The van der Waals surface area contributed by atoms with E-state index in [1.807, 2.05) is 19.1 Å². The largest absolute Gasteiger partial charge is 0.437 e. The van der Waals surface area contributed by atoms with Gasteiger partial charge in [-0.05, 0) is 36.1 Å². The minimum absolute atomic E-state index is 0.329. The first-order valence-corrected chi connectivity index (χ1v) is 7.27. The van der Waals surface area contributed by atoms with Crippen LogP contribution >= 0.6 is 23.2 Å². The Morgan fingerprint density at radius 2 is 1.95 bits per heavy atom. The van der Waals surface area contributed by atoms with Gasteiger partial charge in [-0.1, -0.05) is 25.4 Å². The molecule has 0 saturated carbocycles. The topological polar surface area (TPSA) is 35.0 Å². The number of aryl methyl sites for hydroxylation is 1. The Labute approximate surface area is 128 Å². The number of ether oxygens (including phenoxy) is 1. The van der Waals surface area contributed by atoms with Crippen LogP contribution in [-0.2, 0) is 5.88 Å². The number of benzene rings is 1. The zero-order valence-electron chi connectivity index (χ0n) is 11.7. The lowest BCUT2D eigenvalue weighted by atomic mass is 10.0. The SMILES string of the molecule is Cc1cc(Cl)c(C(C)C)cc1Oc1cnc(CCl)cn1. The molecular formula is C15H16Cl2N2O. The van der Waals surface area contributed by atoms with Gasteiger partial charge in [-0.25, -0.2) is 4.98 Å². The highest BCUT2D eigenvalue weighted by Gasteiger charge is 2.11. The molecule has 0 aliphatic rings. The van der Waals surface area contributed by atoms with Crippen LogP contribution in [0.5, 0.6) is 11.6 Å². The molecule has 1 aromatic heterocycles.